The van der Waals surface area contributed by atoms with Gasteiger partial charge < -0.3 is 9.31 Å². The average Bonchev–Trinajstić information content (AvgIpc) is 2.35. The van der Waals surface area contributed by atoms with Crippen molar-refractivity contribution in [3.63, 3.8) is 0 Å². The molecule has 2 heterocycles. The van der Waals surface area contributed by atoms with Crippen LogP contribution in [0.5, 0.6) is 0 Å². The fourth-order valence-corrected chi connectivity index (χ4v) is 2.00. The van der Waals surface area contributed by atoms with Crippen molar-refractivity contribution in [3.05, 3.63) is 16.6 Å². The van der Waals surface area contributed by atoms with Gasteiger partial charge in [-0.1, -0.05) is 23.2 Å². The SMILES string of the molecule is CC1(C)OB(c2c(Cl)ncnc2Cl)OC1(C)C. The molecule has 1 saturated heterocycles. The van der Waals surface area contributed by atoms with Gasteiger partial charge in [0.15, 0.2) is 0 Å². The highest BCUT2D eigenvalue weighted by atomic mass is 35.5. The molecule has 1 aliphatic rings. The van der Waals surface area contributed by atoms with Crippen molar-refractivity contribution < 1.29 is 9.31 Å². The smallest absolute Gasteiger partial charge is 0.399 e. The van der Waals surface area contributed by atoms with E-state index in [4.69, 9.17) is 32.5 Å². The number of aromatic nitrogens is 2. The number of hydrogen-bond acceptors (Lipinski definition) is 4. The summed E-state index contributed by atoms with van der Waals surface area (Å²) in [7, 11) is -0.638. The van der Waals surface area contributed by atoms with E-state index in [-0.39, 0.29) is 10.3 Å². The molecule has 1 aromatic rings. The molecule has 7 heteroatoms. The lowest BCUT2D eigenvalue weighted by molar-refractivity contribution is 0.00578. The molecule has 0 atom stereocenters. The molecule has 0 bridgehead atoms. The fourth-order valence-electron chi connectivity index (χ4n) is 1.51. The van der Waals surface area contributed by atoms with E-state index in [0.29, 0.717) is 5.46 Å². The zero-order valence-corrected chi connectivity index (χ0v) is 11.6. The summed E-state index contributed by atoms with van der Waals surface area (Å²) in [5.74, 6) is 0. The Balaban J connectivity index is 2.39. The second-order valence-electron chi connectivity index (χ2n) is 4.96. The van der Waals surface area contributed by atoms with Crippen molar-refractivity contribution in [2.45, 2.75) is 38.9 Å². The van der Waals surface area contributed by atoms with Gasteiger partial charge in [-0.25, -0.2) is 9.97 Å². The van der Waals surface area contributed by atoms with Crippen molar-refractivity contribution in [1.29, 1.82) is 0 Å². The van der Waals surface area contributed by atoms with Gasteiger partial charge in [0.2, 0.25) is 0 Å². The van der Waals surface area contributed by atoms with Crippen LogP contribution in [0, 0.1) is 0 Å². The summed E-state index contributed by atoms with van der Waals surface area (Å²) >= 11 is 12.0. The highest BCUT2D eigenvalue weighted by molar-refractivity contribution is 6.68. The van der Waals surface area contributed by atoms with Gasteiger partial charge in [-0.2, -0.15) is 0 Å². The van der Waals surface area contributed by atoms with E-state index < -0.39 is 18.3 Å². The van der Waals surface area contributed by atoms with Gasteiger partial charge in [0.1, 0.15) is 16.6 Å². The van der Waals surface area contributed by atoms with Crippen molar-refractivity contribution in [1.82, 2.24) is 9.97 Å². The lowest BCUT2D eigenvalue weighted by atomic mass is 9.81. The summed E-state index contributed by atoms with van der Waals surface area (Å²) in [6.07, 6.45) is 1.30. The Kier molecular flexibility index (Phi) is 3.15. The summed E-state index contributed by atoms with van der Waals surface area (Å²) in [6, 6.07) is 0. The molecule has 1 fully saturated rings. The Morgan fingerprint density at radius 2 is 1.41 bits per heavy atom. The predicted molar refractivity (Wildman–Crippen MR) is 67.8 cm³/mol. The highest BCUT2D eigenvalue weighted by Crippen LogP contribution is 2.37. The third kappa shape index (κ3) is 2.17. The van der Waals surface area contributed by atoms with E-state index in [0.717, 1.165) is 0 Å². The molecular weight excluding hydrogens is 262 g/mol. The van der Waals surface area contributed by atoms with E-state index in [1.165, 1.54) is 6.33 Å². The maximum absolute atomic E-state index is 6.00. The van der Waals surface area contributed by atoms with Gasteiger partial charge in [0, 0.05) is 0 Å². The van der Waals surface area contributed by atoms with Crippen LogP contribution < -0.4 is 5.46 Å². The maximum atomic E-state index is 6.00. The Morgan fingerprint density at radius 3 is 1.82 bits per heavy atom. The van der Waals surface area contributed by atoms with Gasteiger partial charge in [-0.3, -0.25) is 0 Å². The van der Waals surface area contributed by atoms with Gasteiger partial charge in [0.05, 0.1) is 16.7 Å². The lowest BCUT2D eigenvalue weighted by Crippen LogP contribution is -2.41. The summed E-state index contributed by atoms with van der Waals surface area (Å²) in [4.78, 5) is 7.78. The molecule has 0 aromatic carbocycles. The normalized spacial score (nSPS) is 21.9. The Bertz CT molecular complexity index is 418. The zero-order chi connectivity index (χ0) is 12.8. The molecule has 0 unspecified atom stereocenters. The van der Waals surface area contributed by atoms with Crippen LogP contribution in [0.15, 0.2) is 6.33 Å². The van der Waals surface area contributed by atoms with Crippen LogP contribution in [0.1, 0.15) is 27.7 Å². The highest BCUT2D eigenvalue weighted by Gasteiger charge is 2.53. The second-order valence-corrected chi connectivity index (χ2v) is 5.67. The van der Waals surface area contributed by atoms with Gasteiger partial charge in [-0.05, 0) is 27.7 Å². The van der Waals surface area contributed by atoms with Crippen LogP contribution in [0.2, 0.25) is 10.3 Å². The van der Waals surface area contributed by atoms with Gasteiger partial charge >= 0.3 is 7.12 Å². The van der Waals surface area contributed by atoms with Gasteiger partial charge in [0.25, 0.3) is 0 Å². The van der Waals surface area contributed by atoms with Gasteiger partial charge in [-0.15, -0.1) is 0 Å². The molecule has 1 aromatic heterocycles. The Hall–Kier alpha value is -0.355. The molecule has 0 N–H and O–H groups in total. The first-order chi connectivity index (χ1) is 7.74. The molecule has 0 amide bonds. The summed E-state index contributed by atoms with van der Waals surface area (Å²) in [5.41, 5.74) is -0.408. The van der Waals surface area contributed by atoms with Crippen molar-refractivity contribution in [3.8, 4) is 0 Å². The molecule has 0 radical (unpaired) electrons. The van der Waals surface area contributed by atoms with Crippen LogP contribution in [0.3, 0.4) is 0 Å². The van der Waals surface area contributed by atoms with E-state index in [1.807, 2.05) is 27.7 Å². The molecule has 0 aliphatic carbocycles. The van der Waals surface area contributed by atoms with E-state index in [1.54, 1.807) is 0 Å². The van der Waals surface area contributed by atoms with Crippen LogP contribution in [0.25, 0.3) is 0 Å². The first kappa shape index (κ1) is 13.1. The average molecular weight is 275 g/mol. The van der Waals surface area contributed by atoms with Crippen molar-refractivity contribution >= 4 is 35.8 Å². The first-order valence-corrected chi connectivity index (χ1v) is 6.02. The minimum atomic E-state index is -0.638. The summed E-state index contributed by atoms with van der Waals surface area (Å²) < 4.78 is 11.7. The Labute approximate surface area is 111 Å². The molecule has 0 saturated carbocycles. The maximum Gasteiger partial charge on any atom is 0.501 e. The van der Waals surface area contributed by atoms with Crippen LogP contribution >= 0.6 is 23.2 Å². The number of hydrogen-bond donors (Lipinski definition) is 0. The fraction of sp³-hybridized carbons (Fsp3) is 0.600. The third-order valence-electron chi connectivity index (χ3n) is 3.28. The summed E-state index contributed by atoms with van der Waals surface area (Å²) in [6.45, 7) is 7.83. The van der Waals surface area contributed by atoms with Crippen LogP contribution in [-0.4, -0.2) is 28.3 Å². The standard InChI is InChI=1S/C10H13BCl2N2O2/c1-9(2)10(3,4)17-11(16-9)6-7(12)14-5-15-8(6)13/h5H,1-4H3. The molecule has 4 nitrogen and oxygen atoms in total. The minimum absolute atomic E-state index is 0.253. The van der Waals surface area contributed by atoms with Crippen molar-refractivity contribution in [2.75, 3.05) is 0 Å². The number of halogens is 2. The van der Waals surface area contributed by atoms with Crippen molar-refractivity contribution in [2.24, 2.45) is 0 Å². The van der Waals surface area contributed by atoms with Crippen LogP contribution in [0.4, 0.5) is 0 Å². The molecule has 1 aliphatic heterocycles. The predicted octanol–water partition coefficient (Wildman–Crippen LogP) is 2.08. The monoisotopic (exact) mass is 274 g/mol. The van der Waals surface area contributed by atoms with Crippen LogP contribution in [-0.2, 0) is 9.31 Å². The molecular formula is C10H13BCl2N2O2. The number of rotatable bonds is 1. The first-order valence-electron chi connectivity index (χ1n) is 5.26. The number of nitrogens with zero attached hydrogens (tertiary/aromatic N) is 2. The van der Waals surface area contributed by atoms with E-state index in [9.17, 15) is 0 Å². The second kappa shape index (κ2) is 4.09. The molecule has 92 valence electrons. The Morgan fingerprint density at radius 1 is 1.00 bits per heavy atom. The molecule has 17 heavy (non-hydrogen) atoms. The topological polar surface area (TPSA) is 44.2 Å². The van der Waals surface area contributed by atoms with E-state index >= 15 is 0 Å². The lowest BCUT2D eigenvalue weighted by Gasteiger charge is -2.32. The minimum Gasteiger partial charge on any atom is -0.399 e. The quantitative estimate of drug-likeness (QED) is 0.581. The zero-order valence-electron chi connectivity index (χ0n) is 10.1. The largest absolute Gasteiger partial charge is 0.501 e. The molecule has 0 spiro atoms. The van der Waals surface area contributed by atoms with E-state index in [2.05, 4.69) is 9.97 Å². The molecule has 2 rings (SSSR count). The summed E-state index contributed by atoms with van der Waals surface area (Å²) in [5, 5.41) is 0.506. The third-order valence-corrected chi connectivity index (χ3v) is 3.88.